The summed E-state index contributed by atoms with van der Waals surface area (Å²) >= 11 is 1.67. The van der Waals surface area contributed by atoms with Crippen LogP contribution < -0.4 is 10.6 Å². The third kappa shape index (κ3) is 2.50. The Balaban J connectivity index is 2.36. The summed E-state index contributed by atoms with van der Waals surface area (Å²) in [6.07, 6.45) is 0. The molecule has 0 aliphatic carbocycles. The minimum absolute atomic E-state index is 0.685. The van der Waals surface area contributed by atoms with Crippen LogP contribution in [0, 0.1) is 6.92 Å². The van der Waals surface area contributed by atoms with E-state index in [9.17, 15) is 0 Å². The van der Waals surface area contributed by atoms with Gasteiger partial charge in [0.2, 0.25) is 0 Å². The summed E-state index contributed by atoms with van der Waals surface area (Å²) < 4.78 is 6.21. The van der Waals surface area contributed by atoms with E-state index >= 15 is 0 Å². The number of hydrogen-bond donors (Lipinski definition) is 1. The van der Waals surface area contributed by atoms with Gasteiger partial charge in [0, 0.05) is 20.7 Å². The molecule has 0 aliphatic heterocycles. The number of hydrogen-bond acceptors (Lipinski definition) is 5. The van der Waals surface area contributed by atoms with Gasteiger partial charge < -0.3 is 15.4 Å². The topological polar surface area (TPSA) is 51.4 Å². The number of benzene rings is 1. The Morgan fingerprint density at radius 2 is 2.24 bits per heavy atom. The lowest BCUT2D eigenvalue weighted by Gasteiger charge is -2.20. The molecule has 0 atom stereocenters. The van der Waals surface area contributed by atoms with E-state index in [0.29, 0.717) is 6.61 Å². The number of thiazole rings is 1. The summed E-state index contributed by atoms with van der Waals surface area (Å²) in [5.74, 6) is 0. The number of nitrogens with zero attached hydrogens (tertiary/aromatic N) is 2. The van der Waals surface area contributed by atoms with Crippen LogP contribution in [0.4, 0.5) is 11.4 Å². The van der Waals surface area contributed by atoms with Gasteiger partial charge in [-0.05, 0) is 19.1 Å². The number of methoxy groups -OCH3 is 1. The molecular formula is C12H17N3OS. The minimum atomic E-state index is 0.685. The summed E-state index contributed by atoms with van der Waals surface area (Å²) in [7, 11) is 3.71. The van der Waals surface area contributed by atoms with Crippen LogP contribution in [-0.2, 0) is 4.74 Å². The van der Waals surface area contributed by atoms with E-state index in [4.69, 9.17) is 10.5 Å². The fraction of sp³-hybridized carbons (Fsp3) is 0.417. The molecule has 0 fully saturated rings. The highest BCUT2D eigenvalue weighted by Crippen LogP contribution is 2.31. The molecule has 2 aromatic rings. The average molecular weight is 251 g/mol. The molecular weight excluding hydrogens is 234 g/mol. The Morgan fingerprint density at radius 3 is 2.94 bits per heavy atom. The molecule has 17 heavy (non-hydrogen) atoms. The molecule has 0 saturated carbocycles. The zero-order chi connectivity index (χ0) is 12.4. The molecule has 0 spiro atoms. The zero-order valence-corrected chi connectivity index (χ0v) is 11.2. The summed E-state index contributed by atoms with van der Waals surface area (Å²) in [4.78, 5) is 6.57. The van der Waals surface area contributed by atoms with Gasteiger partial charge in [0.25, 0.3) is 0 Å². The first-order valence-electron chi connectivity index (χ1n) is 5.48. The molecule has 0 aliphatic rings. The van der Waals surface area contributed by atoms with Crippen molar-refractivity contribution in [1.82, 2.24) is 4.98 Å². The number of rotatable bonds is 4. The maximum Gasteiger partial charge on any atom is 0.0907 e. The van der Waals surface area contributed by atoms with Crippen molar-refractivity contribution in [1.29, 1.82) is 0 Å². The number of fused-ring (bicyclic) bond motifs is 1. The normalized spacial score (nSPS) is 11.0. The Hall–Kier alpha value is -1.33. The van der Waals surface area contributed by atoms with Crippen molar-refractivity contribution in [3.8, 4) is 0 Å². The molecule has 0 unspecified atom stereocenters. The molecule has 0 radical (unpaired) electrons. The number of likely N-dealkylation sites (N-methyl/N-ethyl adjacent to an activating group) is 1. The second-order valence-corrected chi connectivity index (χ2v) is 5.26. The number of aryl methyl sites for hydroxylation is 1. The fourth-order valence-corrected chi connectivity index (χ4v) is 2.63. The van der Waals surface area contributed by atoms with E-state index in [1.54, 1.807) is 18.4 Å². The van der Waals surface area contributed by atoms with Gasteiger partial charge in [-0.25, -0.2) is 4.98 Å². The SMILES string of the molecule is COCCN(C)c1cc2nc(C)sc2cc1N. The second kappa shape index (κ2) is 4.89. The first kappa shape index (κ1) is 12.1. The molecule has 1 aromatic heterocycles. The van der Waals surface area contributed by atoms with Crippen molar-refractivity contribution >= 4 is 32.9 Å². The van der Waals surface area contributed by atoms with E-state index < -0.39 is 0 Å². The van der Waals surface area contributed by atoms with Crippen LogP contribution >= 0.6 is 11.3 Å². The Kier molecular flexibility index (Phi) is 3.49. The molecule has 2 N–H and O–H groups in total. The first-order valence-corrected chi connectivity index (χ1v) is 6.30. The molecule has 0 amide bonds. The average Bonchev–Trinajstić information content (AvgIpc) is 2.64. The summed E-state index contributed by atoms with van der Waals surface area (Å²) in [5, 5.41) is 1.07. The van der Waals surface area contributed by atoms with Crippen LogP contribution in [0.3, 0.4) is 0 Å². The van der Waals surface area contributed by atoms with Crippen molar-refractivity contribution in [2.75, 3.05) is 37.9 Å². The lowest BCUT2D eigenvalue weighted by molar-refractivity contribution is 0.206. The maximum absolute atomic E-state index is 6.06. The van der Waals surface area contributed by atoms with E-state index in [1.165, 1.54) is 0 Å². The summed E-state index contributed by atoms with van der Waals surface area (Å²) in [6.45, 7) is 3.51. The molecule has 92 valence electrons. The van der Waals surface area contributed by atoms with E-state index in [-0.39, 0.29) is 0 Å². The Morgan fingerprint density at radius 1 is 1.47 bits per heavy atom. The molecule has 0 saturated heterocycles. The lowest BCUT2D eigenvalue weighted by Crippen LogP contribution is -2.22. The largest absolute Gasteiger partial charge is 0.397 e. The highest BCUT2D eigenvalue weighted by molar-refractivity contribution is 7.18. The van der Waals surface area contributed by atoms with Crippen LogP contribution in [0.1, 0.15) is 5.01 Å². The van der Waals surface area contributed by atoms with Crippen LogP contribution in [-0.4, -0.2) is 32.3 Å². The lowest BCUT2D eigenvalue weighted by atomic mass is 10.2. The predicted octanol–water partition coefficient (Wildman–Crippen LogP) is 2.27. The highest BCUT2D eigenvalue weighted by Gasteiger charge is 2.09. The van der Waals surface area contributed by atoms with Crippen molar-refractivity contribution in [2.24, 2.45) is 0 Å². The molecule has 5 heteroatoms. The van der Waals surface area contributed by atoms with Gasteiger partial charge in [0.15, 0.2) is 0 Å². The van der Waals surface area contributed by atoms with Gasteiger partial charge in [0.1, 0.15) is 0 Å². The third-order valence-electron chi connectivity index (χ3n) is 2.69. The first-order chi connectivity index (χ1) is 8.11. The van der Waals surface area contributed by atoms with Crippen molar-refractivity contribution in [3.05, 3.63) is 17.1 Å². The molecule has 4 nitrogen and oxygen atoms in total. The van der Waals surface area contributed by atoms with Crippen LogP contribution in [0.5, 0.6) is 0 Å². The maximum atomic E-state index is 6.06. The van der Waals surface area contributed by atoms with Crippen LogP contribution in [0.25, 0.3) is 10.2 Å². The number of aromatic nitrogens is 1. The fourth-order valence-electron chi connectivity index (χ4n) is 1.77. The van der Waals surface area contributed by atoms with Gasteiger partial charge in [-0.2, -0.15) is 0 Å². The highest BCUT2D eigenvalue weighted by atomic mass is 32.1. The van der Waals surface area contributed by atoms with E-state index in [0.717, 1.165) is 33.1 Å². The van der Waals surface area contributed by atoms with E-state index in [2.05, 4.69) is 9.88 Å². The second-order valence-electron chi connectivity index (χ2n) is 4.03. The van der Waals surface area contributed by atoms with Crippen molar-refractivity contribution < 1.29 is 4.74 Å². The van der Waals surface area contributed by atoms with Crippen LogP contribution in [0.2, 0.25) is 0 Å². The Labute approximate surface area is 105 Å². The quantitative estimate of drug-likeness (QED) is 0.847. The number of nitrogens with two attached hydrogens (primary N) is 1. The molecule has 1 aromatic carbocycles. The number of ether oxygens (including phenoxy) is 1. The van der Waals surface area contributed by atoms with Crippen molar-refractivity contribution in [2.45, 2.75) is 6.92 Å². The van der Waals surface area contributed by atoms with Crippen molar-refractivity contribution in [3.63, 3.8) is 0 Å². The number of nitrogen functional groups attached to an aromatic ring is 1. The molecule has 0 bridgehead atoms. The number of anilines is 2. The van der Waals surface area contributed by atoms with E-state index in [1.807, 2.05) is 26.1 Å². The van der Waals surface area contributed by atoms with Gasteiger partial charge in [-0.15, -0.1) is 11.3 Å². The summed E-state index contributed by atoms with van der Waals surface area (Å²) in [5.41, 5.74) is 8.88. The Bertz CT molecular complexity index is 524. The van der Waals surface area contributed by atoms with Crippen LogP contribution in [0.15, 0.2) is 12.1 Å². The van der Waals surface area contributed by atoms with Gasteiger partial charge in [-0.1, -0.05) is 0 Å². The molecule has 2 rings (SSSR count). The van der Waals surface area contributed by atoms with Gasteiger partial charge in [0.05, 0.1) is 33.2 Å². The van der Waals surface area contributed by atoms with Gasteiger partial charge in [-0.3, -0.25) is 0 Å². The third-order valence-corrected chi connectivity index (χ3v) is 3.62. The smallest absolute Gasteiger partial charge is 0.0907 e. The summed E-state index contributed by atoms with van der Waals surface area (Å²) in [6, 6.07) is 4.04. The van der Waals surface area contributed by atoms with Gasteiger partial charge >= 0.3 is 0 Å². The minimum Gasteiger partial charge on any atom is -0.397 e. The molecule has 1 heterocycles. The standard InChI is InChI=1S/C12H17N3OS/c1-8-14-10-7-11(15(2)4-5-16-3)9(13)6-12(10)17-8/h6-7H,4-5,13H2,1-3H3. The monoisotopic (exact) mass is 251 g/mol. The predicted molar refractivity (Wildman–Crippen MR) is 73.9 cm³/mol. The zero-order valence-electron chi connectivity index (χ0n) is 10.4.